The lowest BCUT2D eigenvalue weighted by atomic mass is 10.3. The van der Waals surface area contributed by atoms with Crippen molar-refractivity contribution < 1.29 is 14.3 Å². The second kappa shape index (κ2) is 5.17. The molecule has 0 atom stereocenters. The molecule has 18 heavy (non-hydrogen) atoms. The summed E-state index contributed by atoms with van der Waals surface area (Å²) >= 11 is 0. The second-order valence-electron chi connectivity index (χ2n) is 3.39. The van der Waals surface area contributed by atoms with Crippen LogP contribution in [0.25, 0.3) is 0 Å². The fourth-order valence-electron chi connectivity index (χ4n) is 1.40. The van der Waals surface area contributed by atoms with Crippen molar-refractivity contribution >= 4 is 24.5 Å². The maximum Gasteiger partial charge on any atom is 0.375 e. The van der Waals surface area contributed by atoms with E-state index >= 15 is 0 Å². The maximum atomic E-state index is 11.3. The Labute approximate surface area is 103 Å². The molecule has 92 valence electrons. The molecule has 0 radical (unpaired) electrons. The highest BCUT2D eigenvalue weighted by atomic mass is 16.5. The lowest BCUT2D eigenvalue weighted by Crippen LogP contribution is -2.27. The van der Waals surface area contributed by atoms with Crippen LogP contribution in [0.3, 0.4) is 0 Å². The summed E-state index contributed by atoms with van der Waals surface area (Å²) < 4.78 is 5.35. The van der Waals surface area contributed by atoms with Gasteiger partial charge in [0.25, 0.3) is 0 Å². The van der Waals surface area contributed by atoms with Gasteiger partial charge in [0, 0.05) is 0 Å². The normalized spacial score (nSPS) is 14.1. The van der Waals surface area contributed by atoms with E-state index in [1.54, 1.807) is 24.3 Å². The van der Waals surface area contributed by atoms with Gasteiger partial charge in [0.2, 0.25) is 0 Å². The second-order valence-corrected chi connectivity index (χ2v) is 3.39. The zero-order chi connectivity index (χ0) is 13.0. The van der Waals surface area contributed by atoms with Gasteiger partial charge in [-0.25, -0.2) is 14.5 Å². The Balaban J connectivity index is 2.06. The molecule has 0 spiro atoms. The quantitative estimate of drug-likeness (QED) is 0.590. The van der Waals surface area contributed by atoms with Crippen molar-refractivity contribution in [3.05, 3.63) is 24.3 Å². The largest absolute Gasteiger partial charge is 0.492 e. The minimum Gasteiger partial charge on any atom is -0.492 e. The molecule has 1 aliphatic rings. The van der Waals surface area contributed by atoms with Crippen LogP contribution >= 0.6 is 0 Å². The molecule has 0 N–H and O–H groups in total. The SMILES string of the molecule is C=NCCOc1ccc(N2C(=O)N=NC2=O)cc1. The van der Waals surface area contributed by atoms with E-state index in [2.05, 4.69) is 21.9 Å². The molecule has 7 heteroatoms. The van der Waals surface area contributed by atoms with Crippen LogP contribution < -0.4 is 9.64 Å². The lowest BCUT2D eigenvalue weighted by molar-refractivity contribution is 0.249. The van der Waals surface area contributed by atoms with Gasteiger partial charge < -0.3 is 4.74 Å². The van der Waals surface area contributed by atoms with Crippen LogP contribution in [0.1, 0.15) is 0 Å². The highest BCUT2D eigenvalue weighted by Gasteiger charge is 2.28. The summed E-state index contributed by atoms with van der Waals surface area (Å²) in [5.74, 6) is 0.621. The molecule has 0 saturated heterocycles. The average molecular weight is 246 g/mol. The fourth-order valence-corrected chi connectivity index (χ4v) is 1.40. The van der Waals surface area contributed by atoms with Crippen LogP contribution in [0.2, 0.25) is 0 Å². The fraction of sp³-hybridized carbons (Fsp3) is 0.182. The molecule has 0 bridgehead atoms. The molecular weight excluding hydrogens is 236 g/mol. The van der Waals surface area contributed by atoms with Crippen molar-refractivity contribution in [1.29, 1.82) is 0 Å². The summed E-state index contributed by atoms with van der Waals surface area (Å²) in [5, 5.41) is 6.34. The zero-order valence-electron chi connectivity index (χ0n) is 9.44. The number of amides is 4. The summed E-state index contributed by atoms with van der Waals surface area (Å²) in [6.07, 6.45) is 0. The Morgan fingerprint density at radius 1 is 1.17 bits per heavy atom. The number of hydrogen-bond acceptors (Lipinski definition) is 4. The first-order valence-corrected chi connectivity index (χ1v) is 5.17. The Morgan fingerprint density at radius 3 is 2.33 bits per heavy atom. The molecule has 0 aromatic heterocycles. The summed E-state index contributed by atoms with van der Waals surface area (Å²) in [6.45, 7) is 4.27. The van der Waals surface area contributed by atoms with Crippen molar-refractivity contribution in [1.82, 2.24) is 0 Å². The molecule has 1 heterocycles. The van der Waals surface area contributed by atoms with Gasteiger partial charge in [0.05, 0.1) is 12.2 Å². The molecule has 1 aromatic rings. The van der Waals surface area contributed by atoms with E-state index in [-0.39, 0.29) is 0 Å². The van der Waals surface area contributed by atoms with Crippen molar-refractivity contribution in [3.8, 4) is 5.75 Å². The average Bonchev–Trinajstić information content (AvgIpc) is 2.71. The molecule has 2 rings (SSSR count). The first-order chi connectivity index (χ1) is 8.72. The van der Waals surface area contributed by atoms with Gasteiger partial charge in [-0.15, -0.1) is 0 Å². The number of carbonyl (C=O) groups excluding carboxylic acids is 2. The topological polar surface area (TPSA) is 83.7 Å². The van der Waals surface area contributed by atoms with E-state index in [0.717, 1.165) is 4.90 Å². The van der Waals surface area contributed by atoms with Crippen LogP contribution in [0.15, 0.2) is 39.5 Å². The number of nitrogens with zero attached hydrogens (tertiary/aromatic N) is 4. The smallest absolute Gasteiger partial charge is 0.375 e. The Bertz CT molecular complexity index is 492. The molecule has 1 aromatic carbocycles. The number of ether oxygens (including phenoxy) is 1. The molecule has 4 amide bonds. The van der Waals surface area contributed by atoms with Crippen molar-refractivity contribution in [2.45, 2.75) is 0 Å². The van der Waals surface area contributed by atoms with Crippen LogP contribution in [-0.2, 0) is 0 Å². The summed E-state index contributed by atoms with van der Waals surface area (Å²) in [6, 6.07) is 5.09. The molecule has 0 saturated carbocycles. The number of carbonyl (C=O) groups is 2. The Kier molecular flexibility index (Phi) is 3.42. The summed E-state index contributed by atoms with van der Waals surface area (Å²) in [5.41, 5.74) is 0.407. The predicted octanol–water partition coefficient (Wildman–Crippen LogP) is 2.28. The molecular formula is C11H10N4O3. The number of urea groups is 2. The van der Waals surface area contributed by atoms with E-state index in [1.165, 1.54) is 0 Å². The van der Waals surface area contributed by atoms with Crippen LogP contribution in [0.4, 0.5) is 15.3 Å². The van der Waals surface area contributed by atoms with Gasteiger partial charge >= 0.3 is 12.1 Å². The number of aliphatic imine (C=N–C) groups is 1. The van der Waals surface area contributed by atoms with Crippen molar-refractivity contribution in [2.75, 3.05) is 18.1 Å². The first-order valence-electron chi connectivity index (χ1n) is 5.17. The van der Waals surface area contributed by atoms with Crippen molar-refractivity contribution in [2.24, 2.45) is 15.2 Å². The number of rotatable bonds is 5. The van der Waals surface area contributed by atoms with Gasteiger partial charge in [0.15, 0.2) is 0 Å². The van der Waals surface area contributed by atoms with Crippen molar-refractivity contribution in [3.63, 3.8) is 0 Å². The molecule has 7 nitrogen and oxygen atoms in total. The minimum absolute atomic E-state index is 0.407. The van der Waals surface area contributed by atoms with Crippen LogP contribution in [0.5, 0.6) is 5.75 Å². The van der Waals surface area contributed by atoms with Crippen LogP contribution in [-0.4, -0.2) is 31.9 Å². The number of anilines is 1. The molecule has 0 fully saturated rings. The monoisotopic (exact) mass is 246 g/mol. The number of imide groups is 1. The highest BCUT2D eigenvalue weighted by Crippen LogP contribution is 2.23. The highest BCUT2D eigenvalue weighted by molar-refractivity contribution is 6.17. The summed E-state index contributed by atoms with van der Waals surface area (Å²) in [4.78, 5) is 27.1. The van der Waals surface area contributed by atoms with E-state index < -0.39 is 12.1 Å². The third-order valence-corrected chi connectivity index (χ3v) is 2.22. The van der Waals surface area contributed by atoms with Crippen LogP contribution in [0, 0.1) is 0 Å². The Hall–Kier alpha value is -2.57. The van der Waals surface area contributed by atoms with Gasteiger partial charge in [0.1, 0.15) is 12.4 Å². The van der Waals surface area contributed by atoms with Gasteiger partial charge in [-0.05, 0) is 31.0 Å². The van der Waals surface area contributed by atoms with Gasteiger partial charge in [-0.1, -0.05) is 10.2 Å². The Morgan fingerprint density at radius 2 is 1.78 bits per heavy atom. The molecule has 0 unspecified atom stereocenters. The van der Waals surface area contributed by atoms with Gasteiger partial charge in [-0.3, -0.25) is 4.99 Å². The molecule has 1 aliphatic heterocycles. The molecule has 0 aliphatic carbocycles. The van der Waals surface area contributed by atoms with Gasteiger partial charge in [-0.2, -0.15) is 0 Å². The maximum absolute atomic E-state index is 11.3. The van der Waals surface area contributed by atoms with E-state index in [9.17, 15) is 9.59 Å². The lowest BCUT2D eigenvalue weighted by Gasteiger charge is -2.11. The third kappa shape index (κ3) is 2.40. The summed E-state index contributed by atoms with van der Waals surface area (Å²) in [7, 11) is 0. The number of azo groups is 1. The predicted molar refractivity (Wildman–Crippen MR) is 64.5 cm³/mol. The third-order valence-electron chi connectivity index (χ3n) is 2.22. The minimum atomic E-state index is -0.690. The first kappa shape index (κ1) is 11.9. The standard InChI is InChI=1S/C11H10N4O3/c1-12-6-7-18-9-4-2-8(3-5-9)15-10(16)13-14-11(15)17/h2-5H,1,6-7H2. The van der Waals surface area contributed by atoms with E-state index in [0.29, 0.717) is 24.6 Å². The number of benzene rings is 1. The zero-order valence-corrected chi connectivity index (χ0v) is 9.44. The van der Waals surface area contributed by atoms with E-state index in [4.69, 9.17) is 4.74 Å². The number of hydrogen-bond donors (Lipinski definition) is 0. The van der Waals surface area contributed by atoms with E-state index in [1.807, 2.05) is 0 Å².